The maximum absolute atomic E-state index is 11.9. The van der Waals surface area contributed by atoms with Crippen LogP contribution in [0, 0.1) is 0 Å². The van der Waals surface area contributed by atoms with Gasteiger partial charge in [-0.3, -0.25) is 0 Å². The molecule has 17 heavy (non-hydrogen) atoms. The van der Waals surface area contributed by atoms with Crippen molar-refractivity contribution < 1.29 is 8.42 Å². The van der Waals surface area contributed by atoms with Crippen molar-refractivity contribution in [3.63, 3.8) is 0 Å². The highest BCUT2D eigenvalue weighted by atomic mass is 32.2. The summed E-state index contributed by atoms with van der Waals surface area (Å²) in [6.07, 6.45) is 4.15. The molecule has 0 amide bonds. The van der Waals surface area contributed by atoms with Gasteiger partial charge in [0, 0.05) is 12.2 Å². The largest absolute Gasteiger partial charge is 0.384 e. The molecule has 1 atom stereocenters. The number of nitrogen functional groups attached to an aromatic ring is 1. The Morgan fingerprint density at radius 1 is 1.47 bits per heavy atom. The Labute approximate surface area is 102 Å². The fraction of sp³-hybridized carbons (Fsp3) is 0.545. The van der Waals surface area contributed by atoms with E-state index in [0.29, 0.717) is 5.82 Å². The molecule has 1 aromatic heterocycles. The fourth-order valence-electron chi connectivity index (χ4n) is 1.45. The first-order valence-electron chi connectivity index (χ1n) is 5.69. The standard InChI is InChI=1S/C11H19N3O2S/c1-3-4-5-9(2)14-17(15,16)10-6-7-11(12)13-8-10/h6-9,14H,3-5H2,1-2H3,(H2,12,13). The van der Waals surface area contributed by atoms with Gasteiger partial charge in [0.2, 0.25) is 10.0 Å². The minimum absolute atomic E-state index is 0.0718. The second kappa shape index (κ2) is 5.97. The molecule has 1 rings (SSSR count). The number of nitrogens with one attached hydrogen (secondary N) is 1. The van der Waals surface area contributed by atoms with Gasteiger partial charge in [0.15, 0.2) is 0 Å². The van der Waals surface area contributed by atoms with Crippen molar-refractivity contribution in [1.82, 2.24) is 9.71 Å². The molecule has 1 aromatic rings. The van der Waals surface area contributed by atoms with Crippen molar-refractivity contribution in [3.8, 4) is 0 Å². The monoisotopic (exact) mass is 257 g/mol. The molecule has 0 radical (unpaired) electrons. The van der Waals surface area contributed by atoms with Crippen LogP contribution in [-0.4, -0.2) is 19.4 Å². The molecule has 0 aliphatic carbocycles. The van der Waals surface area contributed by atoms with E-state index in [9.17, 15) is 8.42 Å². The first-order valence-corrected chi connectivity index (χ1v) is 7.18. The van der Waals surface area contributed by atoms with Gasteiger partial charge < -0.3 is 5.73 Å². The van der Waals surface area contributed by atoms with Gasteiger partial charge in [-0.25, -0.2) is 18.1 Å². The van der Waals surface area contributed by atoms with Gasteiger partial charge in [-0.05, 0) is 25.5 Å². The van der Waals surface area contributed by atoms with Gasteiger partial charge in [0.25, 0.3) is 0 Å². The van der Waals surface area contributed by atoms with E-state index >= 15 is 0 Å². The number of hydrogen-bond donors (Lipinski definition) is 2. The summed E-state index contributed by atoms with van der Waals surface area (Å²) in [6.45, 7) is 3.93. The third kappa shape index (κ3) is 4.32. The van der Waals surface area contributed by atoms with Crippen molar-refractivity contribution >= 4 is 15.8 Å². The zero-order valence-electron chi connectivity index (χ0n) is 10.2. The van der Waals surface area contributed by atoms with Crippen LogP contribution in [-0.2, 0) is 10.0 Å². The zero-order valence-corrected chi connectivity index (χ0v) is 11.0. The summed E-state index contributed by atoms with van der Waals surface area (Å²) >= 11 is 0. The highest BCUT2D eigenvalue weighted by Crippen LogP contribution is 2.10. The SMILES string of the molecule is CCCCC(C)NS(=O)(=O)c1ccc(N)nc1. The van der Waals surface area contributed by atoms with Crippen LogP contribution in [0.5, 0.6) is 0 Å². The Morgan fingerprint density at radius 3 is 2.71 bits per heavy atom. The Morgan fingerprint density at radius 2 is 2.18 bits per heavy atom. The third-order valence-corrected chi connectivity index (χ3v) is 3.99. The smallest absolute Gasteiger partial charge is 0.242 e. The molecule has 0 saturated carbocycles. The summed E-state index contributed by atoms with van der Waals surface area (Å²) in [6, 6.07) is 2.86. The van der Waals surface area contributed by atoms with E-state index in [1.54, 1.807) is 0 Å². The van der Waals surface area contributed by atoms with Crippen LogP contribution in [0.4, 0.5) is 5.82 Å². The van der Waals surface area contributed by atoms with Crippen LogP contribution in [0.3, 0.4) is 0 Å². The summed E-state index contributed by atoms with van der Waals surface area (Å²) in [5.74, 6) is 0.308. The molecule has 1 unspecified atom stereocenters. The lowest BCUT2D eigenvalue weighted by Gasteiger charge is -2.13. The molecule has 0 saturated heterocycles. The number of pyridine rings is 1. The second-order valence-electron chi connectivity index (χ2n) is 4.08. The van der Waals surface area contributed by atoms with E-state index in [2.05, 4.69) is 16.6 Å². The lowest BCUT2D eigenvalue weighted by atomic mass is 10.2. The molecule has 0 spiro atoms. The van der Waals surface area contributed by atoms with Crippen LogP contribution in [0.2, 0.25) is 0 Å². The predicted molar refractivity (Wildman–Crippen MR) is 68.0 cm³/mol. The molecule has 6 heteroatoms. The minimum atomic E-state index is -3.47. The van der Waals surface area contributed by atoms with Gasteiger partial charge in [-0.15, -0.1) is 0 Å². The zero-order chi connectivity index (χ0) is 12.9. The summed E-state index contributed by atoms with van der Waals surface area (Å²) in [7, 11) is -3.47. The van der Waals surface area contributed by atoms with E-state index in [-0.39, 0.29) is 10.9 Å². The van der Waals surface area contributed by atoms with Gasteiger partial charge in [-0.2, -0.15) is 0 Å². The second-order valence-corrected chi connectivity index (χ2v) is 5.80. The van der Waals surface area contributed by atoms with E-state index in [0.717, 1.165) is 19.3 Å². The van der Waals surface area contributed by atoms with Gasteiger partial charge in [-0.1, -0.05) is 19.8 Å². The Hall–Kier alpha value is -1.14. The summed E-state index contributed by atoms with van der Waals surface area (Å²) < 4.78 is 26.5. The molecular formula is C11H19N3O2S. The van der Waals surface area contributed by atoms with E-state index in [1.807, 2.05) is 6.92 Å². The first kappa shape index (κ1) is 13.9. The molecule has 1 heterocycles. The number of unbranched alkanes of at least 4 members (excludes halogenated alkanes) is 1. The molecule has 0 aromatic carbocycles. The Balaban J connectivity index is 2.71. The number of hydrogen-bond acceptors (Lipinski definition) is 4. The lowest BCUT2D eigenvalue weighted by molar-refractivity contribution is 0.534. The minimum Gasteiger partial charge on any atom is -0.384 e. The molecule has 0 aliphatic heterocycles. The fourth-order valence-corrected chi connectivity index (χ4v) is 2.68. The van der Waals surface area contributed by atoms with Crippen LogP contribution >= 0.6 is 0 Å². The Bertz CT molecular complexity index is 442. The van der Waals surface area contributed by atoms with Crippen molar-refractivity contribution in [2.24, 2.45) is 0 Å². The quantitative estimate of drug-likeness (QED) is 0.809. The number of sulfonamides is 1. The van der Waals surface area contributed by atoms with Crippen LogP contribution in [0.25, 0.3) is 0 Å². The molecule has 5 nitrogen and oxygen atoms in total. The van der Waals surface area contributed by atoms with Crippen LogP contribution in [0.15, 0.2) is 23.2 Å². The van der Waals surface area contributed by atoms with Crippen molar-refractivity contribution in [3.05, 3.63) is 18.3 Å². The van der Waals surface area contributed by atoms with Crippen LogP contribution in [0.1, 0.15) is 33.1 Å². The third-order valence-electron chi connectivity index (χ3n) is 2.42. The molecule has 96 valence electrons. The van der Waals surface area contributed by atoms with Gasteiger partial charge >= 0.3 is 0 Å². The summed E-state index contributed by atoms with van der Waals surface area (Å²) in [5.41, 5.74) is 5.41. The summed E-state index contributed by atoms with van der Waals surface area (Å²) in [5, 5.41) is 0. The predicted octanol–water partition coefficient (Wildman–Crippen LogP) is 1.52. The average Bonchev–Trinajstić information content (AvgIpc) is 2.26. The van der Waals surface area contributed by atoms with Crippen molar-refractivity contribution in [2.45, 2.75) is 44.0 Å². The molecular weight excluding hydrogens is 238 g/mol. The normalized spacial score (nSPS) is 13.5. The van der Waals surface area contributed by atoms with Crippen molar-refractivity contribution in [1.29, 1.82) is 0 Å². The number of aromatic nitrogens is 1. The van der Waals surface area contributed by atoms with Gasteiger partial charge in [0.05, 0.1) is 0 Å². The number of anilines is 1. The van der Waals surface area contributed by atoms with E-state index < -0.39 is 10.0 Å². The lowest BCUT2D eigenvalue weighted by Crippen LogP contribution is -2.32. The van der Waals surface area contributed by atoms with Gasteiger partial charge in [0.1, 0.15) is 10.7 Å². The van der Waals surface area contributed by atoms with Crippen LogP contribution < -0.4 is 10.5 Å². The number of rotatable bonds is 6. The molecule has 0 aliphatic rings. The first-order chi connectivity index (χ1) is 7.95. The highest BCUT2D eigenvalue weighted by molar-refractivity contribution is 7.89. The maximum atomic E-state index is 11.9. The average molecular weight is 257 g/mol. The molecule has 3 N–H and O–H groups in total. The summed E-state index contributed by atoms with van der Waals surface area (Å²) in [4.78, 5) is 3.92. The Kier molecular flexibility index (Phi) is 4.89. The number of nitrogens with zero attached hydrogens (tertiary/aromatic N) is 1. The van der Waals surface area contributed by atoms with E-state index in [1.165, 1.54) is 18.3 Å². The van der Waals surface area contributed by atoms with Crippen molar-refractivity contribution in [2.75, 3.05) is 5.73 Å². The van der Waals surface area contributed by atoms with E-state index in [4.69, 9.17) is 5.73 Å². The molecule has 0 bridgehead atoms. The topological polar surface area (TPSA) is 85.1 Å². The highest BCUT2D eigenvalue weighted by Gasteiger charge is 2.17. The number of nitrogens with two attached hydrogens (primary N) is 1. The molecule has 0 fully saturated rings. The maximum Gasteiger partial charge on any atom is 0.242 e.